The fourth-order valence-corrected chi connectivity index (χ4v) is 1.54. The van der Waals surface area contributed by atoms with E-state index in [-0.39, 0.29) is 0 Å². The number of nitriles is 1. The highest BCUT2D eigenvalue weighted by Gasteiger charge is 2.16. The van der Waals surface area contributed by atoms with Gasteiger partial charge < -0.3 is 10.6 Å². The van der Waals surface area contributed by atoms with Gasteiger partial charge in [-0.1, -0.05) is 20.3 Å². The maximum absolute atomic E-state index is 8.77. The number of unbranched alkanes of at least 4 members (excludes halogenated alkanes) is 1. The van der Waals surface area contributed by atoms with Crippen LogP contribution >= 0.6 is 0 Å². The Bertz CT molecular complexity index is 194. The predicted molar refractivity (Wildman–Crippen MR) is 64.5 cm³/mol. The molecule has 1 atom stereocenters. The second-order valence-electron chi connectivity index (χ2n) is 4.42. The maximum atomic E-state index is 8.77. The van der Waals surface area contributed by atoms with Gasteiger partial charge >= 0.3 is 0 Å². The summed E-state index contributed by atoms with van der Waals surface area (Å²) in [6, 6.07) is 2.14. The van der Waals surface area contributed by atoms with Crippen molar-refractivity contribution in [1.29, 1.82) is 5.26 Å². The molecule has 15 heavy (non-hydrogen) atoms. The third-order valence-corrected chi connectivity index (χ3v) is 2.70. The molecule has 2 N–H and O–H groups in total. The lowest BCUT2D eigenvalue weighted by Crippen LogP contribution is -2.35. The van der Waals surface area contributed by atoms with Gasteiger partial charge in [0.05, 0.1) is 6.07 Å². The summed E-state index contributed by atoms with van der Waals surface area (Å²) in [4.78, 5) is 2.43. The molecule has 0 aliphatic heterocycles. The average molecular weight is 211 g/mol. The minimum Gasteiger partial charge on any atom is -0.314 e. The summed E-state index contributed by atoms with van der Waals surface area (Å²) in [6.07, 6.45) is 4.29. The van der Waals surface area contributed by atoms with Crippen molar-refractivity contribution in [1.82, 2.24) is 4.90 Å². The molecule has 0 aromatic carbocycles. The van der Waals surface area contributed by atoms with Gasteiger partial charge in [-0.3, -0.25) is 0 Å². The van der Waals surface area contributed by atoms with Gasteiger partial charge in [-0.2, -0.15) is 5.26 Å². The molecule has 0 fully saturated rings. The Morgan fingerprint density at radius 1 is 1.27 bits per heavy atom. The second-order valence-corrected chi connectivity index (χ2v) is 4.42. The molecule has 0 amide bonds. The zero-order chi connectivity index (χ0) is 11.7. The molecular weight excluding hydrogens is 186 g/mol. The zero-order valence-corrected chi connectivity index (χ0v) is 10.4. The van der Waals surface area contributed by atoms with Crippen LogP contribution in [0.4, 0.5) is 0 Å². The lowest BCUT2D eigenvalue weighted by molar-refractivity contribution is 0.271. The third-order valence-electron chi connectivity index (χ3n) is 2.70. The molecule has 0 aromatic heterocycles. The quantitative estimate of drug-likeness (QED) is 0.669. The summed E-state index contributed by atoms with van der Waals surface area (Å²) in [5, 5.41) is 8.77. The van der Waals surface area contributed by atoms with Crippen LogP contribution in [-0.4, -0.2) is 30.1 Å². The molecule has 0 rings (SSSR count). The van der Waals surface area contributed by atoms with E-state index >= 15 is 0 Å². The standard InChI is InChI=1S/C12H25N3/c1-4-6-9-15(5-2)10-7-8-12(3,14)11-13/h4-10,14H2,1-3H3. The van der Waals surface area contributed by atoms with Crippen LogP contribution in [-0.2, 0) is 0 Å². The minimum absolute atomic E-state index is 0.649. The van der Waals surface area contributed by atoms with Gasteiger partial charge in [0, 0.05) is 0 Å². The van der Waals surface area contributed by atoms with Crippen LogP contribution in [0.3, 0.4) is 0 Å². The van der Waals surface area contributed by atoms with Crippen LogP contribution in [0.5, 0.6) is 0 Å². The number of rotatable bonds is 8. The molecule has 0 spiro atoms. The van der Waals surface area contributed by atoms with Crippen LogP contribution in [0, 0.1) is 11.3 Å². The fourth-order valence-electron chi connectivity index (χ4n) is 1.54. The van der Waals surface area contributed by atoms with Gasteiger partial charge in [0.15, 0.2) is 0 Å². The van der Waals surface area contributed by atoms with Crippen LogP contribution < -0.4 is 5.73 Å². The highest BCUT2D eigenvalue weighted by molar-refractivity contribution is 5.00. The summed E-state index contributed by atoms with van der Waals surface area (Å²) in [7, 11) is 0. The van der Waals surface area contributed by atoms with Crippen LogP contribution in [0.25, 0.3) is 0 Å². The highest BCUT2D eigenvalue weighted by Crippen LogP contribution is 2.08. The predicted octanol–water partition coefficient (Wildman–Crippen LogP) is 2.13. The molecule has 0 aromatic rings. The average Bonchev–Trinajstić information content (AvgIpc) is 2.23. The van der Waals surface area contributed by atoms with Crippen molar-refractivity contribution in [2.45, 2.75) is 52.0 Å². The lowest BCUT2D eigenvalue weighted by Gasteiger charge is -2.22. The van der Waals surface area contributed by atoms with Gasteiger partial charge in [-0.05, 0) is 45.8 Å². The molecule has 88 valence electrons. The van der Waals surface area contributed by atoms with Crippen molar-refractivity contribution in [3.8, 4) is 6.07 Å². The van der Waals surface area contributed by atoms with E-state index in [4.69, 9.17) is 11.0 Å². The maximum Gasteiger partial charge on any atom is 0.101 e. The number of hydrogen-bond donors (Lipinski definition) is 1. The second kappa shape index (κ2) is 7.67. The zero-order valence-electron chi connectivity index (χ0n) is 10.4. The molecule has 0 radical (unpaired) electrons. The Morgan fingerprint density at radius 3 is 2.33 bits per heavy atom. The molecule has 0 saturated heterocycles. The number of nitrogens with zero attached hydrogens (tertiary/aromatic N) is 2. The number of nitrogens with two attached hydrogens (primary N) is 1. The van der Waals surface area contributed by atoms with Crippen molar-refractivity contribution in [2.24, 2.45) is 5.73 Å². The van der Waals surface area contributed by atoms with Crippen LogP contribution in [0.15, 0.2) is 0 Å². The Labute approximate surface area is 94.2 Å². The Balaban J connectivity index is 3.68. The van der Waals surface area contributed by atoms with Crippen molar-refractivity contribution >= 4 is 0 Å². The first-order chi connectivity index (χ1) is 7.05. The lowest BCUT2D eigenvalue weighted by atomic mass is 9.99. The van der Waals surface area contributed by atoms with E-state index in [0.717, 1.165) is 25.9 Å². The van der Waals surface area contributed by atoms with Gasteiger partial charge in [0.1, 0.15) is 5.54 Å². The van der Waals surface area contributed by atoms with Crippen LogP contribution in [0.2, 0.25) is 0 Å². The van der Waals surface area contributed by atoms with E-state index in [1.165, 1.54) is 19.4 Å². The van der Waals surface area contributed by atoms with Gasteiger partial charge in [-0.25, -0.2) is 0 Å². The topological polar surface area (TPSA) is 53.0 Å². The first kappa shape index (κ1) is 14.4. The molecule has 0 bridgehead atoms. The smallest absolute Gasteiger partial charge is 0.101 e. The summed E-state index contributed by atoms with van der Waals surface area (Å²) >= 11 is 0. The van der Waals surface area contributed by atoms with E-state index in [0.29, 0.717) is 0 Å². The first-order valence-corrected chi connectivity index (χ1v) is 5.98. The molecule has 0 saturated carbocycles. The molecule has 3 heteroatoms. The Morgan fingerprint density at radius 2 is 1.87 bits per heavy atom. The fraction of sp³-hybridized carbons (Fsp3) is 0.917. The van der Waals surface area contributed by atoms with E-state index in [2.05, 4.69) is 24.8 Å². The highest BCUT2D eigenvalue weighted by atomic mass is 15.1. The third kappa shape index (κ3) is 7.35. The van der Waals surface area contributed by atoms with E-state index < -0.39 is 5.54 Å². The Hall–Kier alpha value is -0.590. The van der Waals surface area contributed by atoms with Crippen molar-refractivity contribution in [2.75, 3.05) is 19.6 Å². The first-order valence-electron chi connectivity index (χ1n) is 5.98. The van der Waals surface area contributed by atoms with Gasteiger partial charge in [-0.15, -0.1) is 0 Å². The summed E-state index contributed by atoms with van der Waals surface area (Å²) < 4.78 is 0. The van der Waals surface area contributed by atoms with E-state index in [1.807, 2.05) is 0 Å². The van der Waals surface area contributed by atoms with Crippen molar-refractivity contribution < 1.29 is 0 Å². The normalized spacial score (nSPS) is 14.9. The molecule has 3 nitrogen and oxygen atoms in total. The molecule has 0 aliphatic rings. The SMILES string of the molecule is CCCCN(CC)CCCC(C)(N)C#N. The monoisotopic (exact) mass is 211 g/mol. The largest absolute Gasteiger partial charge is 0.314 e. The molecular formula is C12H25N3. The van der Waals surface area contributed by atoms with E-state index in [9.17, 15) is 0 Å². The Kier molecular flexibility index (Phi) is 7.37. The molecule has 1 unspecified atom stereocenters. The minimum atomic E-state index is -0.649. The molecule has 0 aliphatic carbocycles. The van der Waals surface area contributed by atoms with Gasteiger partial charge in [0.2, 0.25) is 0 Å². The number of hydrogen-bond acceptors (Lipinski definition) is 3. The molecule has 0 heterocycles. The van der Waals surface area contributed by atoms with Gasteiger partial charge in [0.25, 0.3) is 0 Å². The summed E-state index contributed by atoms with van der Waals surface area (Å²) in [5.74, 6) is 0. The van der Waals surface area contributed by atoms with Crippen molar-refractivity contribution in [3.63, 3.8) is 0 Å². The van der Waals surface area contributed by atoms with Crippen molar-refractivity contribution in [3.05, 3.63) is 0 Å². The van der Waals surface area contributed by atoms with Crippen LogP contribution in [0.1, 0.15) is 46.5 Å². The van der Waals surface area contributed by atoms with E-state index in [1.54, 1.807) is 6.92 Å². The summed E-state index contributed by atoms with van der Waals surface area (Å²) in [5.41, 5.74) is 5.12. The summed E-state index contributed by atoms with van der Waals surface area (Å²) in [6.45, 7) is 9.51.